The van der Waals surface area contributed by atoms with E-state index < -0.39 is 23.3 Å². The normalized spacial score (nSPS) is 11.8. The van der Waals surface area contributed by atoms with E-state index in [9.17, 15) is 14.4 Å². The molecule has 0 aliphatic heterocycles. The number of hydrogen-bond donors (Lipinski definition) is 2. The number of carbonyl (C=O) groups excluding carboxylic acids is 1. The van der Waals surface area contributed by atoms with Crippen LogP contribution < -0.4 is 27.2 Å². The van der Waals surface area contributed by atoms with Crippen LogP contribution in [0, 0.1) is 5.92 Å². The molecule has 0 radical (unpaired) electrons. The van der Waals surface area contributed by atoms with E-state index in [1.807, 2.05) is 13.8 Å². The van der Waals surface area contributed by atoms with Crippen molar-refractivity contribution in [2.75, 3.05) is 18.2 Å². The highest BCUT2D eigenvalue weighted by atomic mass is 35.5. The number of methoxy groups -OCH3 is 1. The molecule has 1 atom stereocenters. The van der Waals surface area contributed by atoms with Crippen molar-refractivity contribution < 1.29 is 14.3 Å². The van der Waals surface area contributed by atoms with Crippen LogP contribution in [0.25, 0.3) is 0 Å². The minimum absolute atomic E-state index is 0.0221. The van der Waals surface area contributed by atoms with Gasteiger partial charge in [0.15, 0.2) is 0 Å². The van der Waals surface area contributed by atoms with E-state index in [4.69, 9.17) is 26.8 Å². The van der Waals surface area contributed by atoms with Crippen LogP contribution in [0.2, 0.25) is 5.02 Å². The van der Waals surface area contributed by atoms with Gasteiger partial charge in [0, 0.05) is 17.3 Å². The lowest BCUT2D eigenvalue weighted by Gasteiger charge is -2.18. The molecule has 10 nitrogen and oxygen atoms in total. The average molecular weight is 502 g/mol. The summed E-state index contributed by atoms with van der Waals surface area (Å²) in [4.78, 5) is 42.1. The third-order valence-corrected chi connectivity index (χ3v) is 5.34. The number of esters is 1. The van der Waals surface area contributed by atoms with Gasteiger partial charge in [-0.2, -0.15) is 4.98 Å². The average Bonchev–Trinajstić information content (AvgIpc) is 2.81. The molecule has 0 unspecified atom stereocenters. The Balaban J connectivity index is 2.04. The van der Waals surface area contributed by atoms with Crippen LogP contribution in [0.5, 0.6) is 5.75 Å². The summed E-state index contributed by atoms with van der Waals surface area (Å²) in [5, 5.41) is 3.56. The lowest BCUT2D eigenvalue weighted by atomic mass is 10.2. The number of aromatic nitrogens is 3. The molecule has 1 heterocycles. The number of benzene rings is 2. The second kappa shape index (κ2) is 11.1. The number of nitrogen functional groups attached to an aromatic ring is 1. The fraction of sp³-hybridized carbons (Fsp3) is 0.333. The molecule has 2 aromatic carbocycles. The first-order valence-corrected chi connectivity index (χ1v) is 11.3. The lowest BCUT2D eigenvalue weighted by Crippen LogP contribution is -2.44. The topological polar surface area (TPSA) is 130 Å². The summed E-state index contributed by atoms with van der Waals surface area (Å²) in [6.07, 6.45) is -0.0534. The summed E-state index contributed by atoms with van der Waals surface area (Å²) < 4.78 is 12.6. The monoisotopic (exact) mass is 501 g/mol. The van der Waals surface area contributed by atoms with Crippen LogP contribution in [0.3, 0.4) is 0 Å². The number of hydrogen-bond acceptors (Lipinski definition) is 8. The number of halogens is 1. The van der Waals surface area contributed by atoms with Crippen molar-refractivity contribution in [2.45, 2.75) is 40.0 Å². The second-order valence-corrected chi connectivity index (χ2v) is 8.73. The van der Waals surface area contributed by atoms with Gasteiger partial charge in [-0.15, -0.1) is 0 Å². The number of anilines is 3. The molecule has 1 aromatic heterocycles. The van der Waals surface area contributed by atoms with Gasteiger partial charge in [0.1, 0.15) is 5.75 Å². The van der Waals surface area contributed by atoms with Gasteiger partial charge in [-0.1, -0.05) is 30.7 Å². The van der Waals surface area contributed by atoms with Gasteiger partial charge in [-0.3, -0.25) is 9.36 Å². The predicted octanol–water partition coefficient (Wildman–Crippen LogP) is 3.03. The van der Waals surface area contributed by atoms with Crippen molar-refractivity contribution >= 4 is 34.9 Å². The molecule has 0 amide bonds. The van der Waals surface area contributed by atoms with Crippen molar-refractivity contribution in [1.29, 1.82) is 0 Å². The van der Waals surface area contributed by atoms with Crippen LogP contribution >= 0.6 is 11.6 Å². The van der Waals surface area contributed by atoms with Gasteiger partial charge in [-0.25, -0.2) is 14.2 Å². The van der Waals surface area contributed by atoms with Gasteiger partial charge >= 0.3 is 17.3 Å². The Morgan fingerprint density at radius 1 is 1.11 bits per heavy atom. The minimum atomic E-state index is -0.798. The predicted molar refractivity (Wildman–Crippen MR) is 134 cm³/mol. The first-order chi connectivity index (χ1) is 16.6. The van der Waals surface area contributed by atoms with Crippen LogP contribution in [0.15, 0.2) is 52.1 Å². The van der Waals surface area contributed by atoms with Gasteiger partial charge in [0.25, 0.3) is 0 Å². The number of ether oxygens (including phenoxy) is 2. The summed E-state index contributed by atoms with van der Waals surface area (Å²) in [6, 6.07) is 12.0. The second-order valence-electron chi connectivity index (χ2n) is 8.29. The van der Waals surface area contributed by atoms with Crippen molar-refractivity contribution in [3.05, 3.63) is 74.0 Å². The standard InChI is InChI=1S/C24H28ClN5O5/c1-14(2)35-20-10-9-18(11-19(20)26)27-22-28-23(32)30(12-15(3)21(31)34-4)24(33)29(22)13-16-5-7-17(25)8-6-16/h5-11,14-15H,12-13,26H2,1-4H3,(H,27,28,32)/t15-/m0/s1. The van der Waals surface area contributed by atoms with Gasteiger partial charge in [0.05, 0.1) is 31.4 Å². The highest BCUT2D eigenvalue weighted by Gasteiger charge is 2.20. The summed E-state index contributed by atoms with van der Waals surface area (Å²) in [5.41, 5.74) is 6.32. The van der Waals surface area contributed by atoms with Crippen LogP contribution in [-0.4, -0.2) is 33.3 Å². The molecular formula is C24H28ClN5O5. The zero-order chi connectivity index (χ0) is 25.7. The van der Waals surface area contributed by atoms with Gasteiger partial charge in [0.2, 0.25) is 5.95 Å². The highest BCUT2D eigenvalue weighted by Crippen LogP contribution is 2.27. The molecular weight excluding hydrogens is 474 g/mol. The third-order valence-electron chi connectivity index (χ3n) is 5.09. The van der Waals surface area contributed by atoms with Crippen molar-refractivity contribution in [3.63, 3.8) is 0 Å². The quantitative estimate of drug-likeness (QED) is 0.338. The molecule has 11 heteroatoms. The maximum absolute atomic E-state index is 13.4. The largest absolute Gasteiger partial charge is 0.489 e. The molecule has 0 fully saturated rings. The fourth-order valence-corrected chi connectivity index (χ4v) is 3.49. The molecule has 3 N–H and O–H groups in total. The minimum Gasteiger partial charge on any atom is -0.489 e. The number of rotatable bonds is 9. The summed E-state index contributed by atoms with van der Waals surface area (Å²) in [5.74, 6) is -0.719. The van der Waals surface area contributed by atoms with Crippen molar-refractivity contribution in [1.82, 2.24) is 14.1 Å². The zero-order valence-electron chi connectivity index (χ0n) is 19.9. The maximum Gasteiger partial charge on any atom is 0.354 e. The molecule has 0 aliphatic carbocycles. The van der Waals surface area contributed by atoms with E-state index in [0.29, 0.717) is 22.1 Å². The molecule has 0 bridgehead atoms. The first kappa shape index (κ1) is 25.8. The Kier molecular flexibility index (Phi) is 8.18. The smallest absolute Gasteiger partial charge is 0.354 e. The van der Waals surface area contributed by atoms with Crippen LogP contribution in [0.1, 0.15) is 26.3 Å². The van der Waals surface area contributed by atoms with Crippen LogP contribution in [0.4, 0.5) is 17.3 Å². The summed E-state index contributed by atoms with van der Waals surface area (Å²) >= 11 is 5.99. The SMILES string of the molecule is COC(=O)[C@@H](C)Cn1c(=O)nc(Nc2ccc(OC(C)C)c(N)c2)n(Cc2ccc(Cl)cc2)c1=O. The Morgan fingerprint density at radius 2 is 1.80 bits per heavy atom. The Hall–Kier alpha value is -3.79. The first-order valence-electron chi connectivity index (χ1n) is 11.0. The summed E-state index contributed by atoms with van der Waals surface area (Å²) in [7, 11) is 1.24. The Bertz CT molecular complexity index is 1320. The van der Waals surface area contributed by atoms with E-state index in [1.165, 1.54) is 11.7 Å². The lowest BCUT2D eigenvalue weighted by molar-refractivity contribution is -0.145. The molecule has 0 spiro atoms. The van der Waals surface area contributed by atoms with Crippen molar-refractivity contribution in [2.24, 2.45) is 5.92 Å². The summed E-state index contributed by atoms with van der Waals surface area (Å²) in [6.45, 7) is 5.27. The molecule has 186 valence electrons. The third kappa shape index (κ3) is 6.42. The number of nitrogens with two attached hydrogens (primary N) is 1. The molecule has 0 aliphatic rings. The zero-order valence-corrected chi connectivity index (χ0v) is 20.7. The number of nitrogens with one attached hydrogen (secondary N) is 1. The molecule has 0 saturated heterocycles. The van der Waals surface area contributed by atoms with E-state index in [1.54, 1.807) is 49.4 Å². The van der Waals surface area contributed by atoms with Gasteiger partial charge in [-0.05, 0) is 49.7 Å². The van der Waals surface area contributed by atoms with E-state index in [-0.39, 0.29) is 25.1 Å². The van der Waals surface area contributed by atoms with E-state index in [0.717, 1.165) is 10.1 Å². The van der Waals surface area contributed by atoms with E-state index in [2.05, 4.69) is 10.3 Å². The van der Waals surface area contributed by atoms with Crippen LogP contribution in [-0.2, 0) is 22.6 Å². The molecule has 35 heavy (non-hydrogen) atoms. The number of nitrogens with zero attached hydrogens (tertiary/aromatic N) is 3. The number of carbonyl (C=O) groups is 1. The highest BCUT2D eigenvalue weighted by molar-refractivity contribution is 6.30. The molecule has 0 saturated carbocycles. The van der Waals surface area contributed by atoms with Crippen molar-refractivity contribution in [3.8, 4) is 5.75 Å². The Labute approximate surface area is 207 Å². The maximum atomic E-state index is 13.4. The molecule has 3 rings (SSSR count). The van der Waals surface area contributed by atoms with E-state index >= 15 is 0 Å². The Morgan fingerprint density at radius 3 is 2.40 bits per heavy atom. The van der Waals surface area contributed by atoms with Gasteiger partial charge < -0.3 is 20.5 Å². The fourth-order valence-electron chi connectivity index (χ4n) is 3.36. The molecule has 3 aromatic rings.